The predicted octanol–water partition coefficient (Wildman–Crippen LogP) is 2.83. The third-order valence-corrected chi connectivity index (χ3v) is 3.62. The average Bonchev–Trinajstić information content (AvgIpc) is 3.11. The fourth-order valence-corrected chi connectivity index (χ4v) is 2.35. The number of aromatic nitrogens is 3. The molecule has 0 unspecified atom stereocenters. The molecule has 3 rings (SSSR count). The van der Waals surface area contributed by atoms with Crippen molar-refractivity contribution in [3.63, 3.8) is 0 Å². The van der Waals surface area contributed by atoms with Crippen molar-refractivity contribution in [1.29, 1.82) is 0 Å². The lowest BCUT2D eigenvalue weighted by molar-refractivity contribution is 0.989. The Hall–Kier alpha value is -1.49. The topological polar surface area (TPSA) is 50.7 Å². The zero-order valence-electron chi connectivity index (χ0n) is 9.90. The second kappa shape index (κ2) is 4.07. The summed E-state index contributed by atoms with van der Waals surface area (Å²) in [6, 6.07) is 2.04. The molecule has 2 aromatic heterocycles. The Balaban J connectivity index is 2.05. The fraction of sp³-hybridized carbons (Fsp3) is 0.417. The van der Waals surface area contributed by atoms with E-state index in [0.717, 1.165) is 28.0 Å². The van der Waals surface area contributed by atoms with E-state index >= 15 is 0 Å². The number of hydrogen-bond acceptors (Lipinski definition) is 5. The van der Waals surface area contributed by atoms with Crippen LogP contribution in [0.25, 0.3) is 11.5 Å². The summed E-state index contributed by atoms with van der Waals surface area (Å²) in [6.07, 6.45) is 2.49. The maximum Gasteiger partial charge on any atom is 0.181 e. The lowest BCUT2D eigenvalue weighted by atomic mass is 10.2. The summed E-state index contributed by atoms with van der Waals surface area (Å²) < 4.78 is 0. The smallest absolute Gasteiger partial charge is 0.181 e. The quantitative estimate of drug-likeness (QED) is 0.904. The molecule has 0 amide bonds. The molecule has 2 heterocycles. The SMILES string of the molecule is CNc1cc(C2CC2)nc(-c2csc(C)n2)n1. The van der Waals surface area contributed by atoms with Crippen molar-refractivity contribution in [2.75, 3.05) is 12.4 Å². The number of rotatable bonds is 3. The molecule has 1 aliphatic rings. The average molecular weight is 246 g/mol. The third kappa shape index (κ3) is 2.15. The van der Waals surface area contributed by atoms with Gasteiger partial charge in [-0.1, -0.05) is 0 Å². The summed E-state index contributed by atoms with van der Waals surface area (Å²) in [5.41, 5.74) is 2.02. The first-order valence-electron chi connectivity index (χ1n) is 5.75. The highest BCUT2D eigenvalue weighted by Gasteiger charge is 2.26. The largest absolute Gasteiger partial charge is 0.373 e. The summed E-state index contributed by atoms with van der Waals surface area (Å²) in [5.74, 6) is 2.24. The van der Waals surface area contributed by atoms with Crippen LogP contribution >= 0.6 is 11.3 Å². The highest BCUT2D eigenvalue weighted by Crippen LogP contribution is 2.40. The van der Waals surface area contributed by atoms with Crippen molar-refractivity contribution in [1.82, 2.24) is 15.0 Å². The number of aryl methyl sites for hydroxylation is 1. The Bertz CT molecular complexity index is 545. The van der Waals surface area contributed by atoms with Gasteiger partial charge < -0.3 is 5.32 Å². The lowest BCUT2D eigenvalue weighted by Crippen LogP contribution is -2.00. The second-order valence-corrected chi connectivity index (χ2v) is 5.34. The maximum atomic E-state index is 4.62. The summed E-state index contributed by atoms with van der Waals surface area (Å²) in [5, 5.41) is 6.15. The molecule has 0 aromatic carbocycles. The molecule has 2 aromatic rings. The minimum absolute atomic E-state index is 0.628. The van der Waals surface area contributed by atoms with Crippen LogP contribution < -0.4 is 5.32 Å². The van der Waals surface area contributed by atoms with Gasteiger partial charge in [-0.2, -0.15) is 0 Å². The van der Waals surface area contributed by atoms with Crippen molar-refractivity contribution in [3.05, 3.63) is 22.1 Å². The molecule has 1 fully saturated rings. The predicted molar refractivity (Wildman–Crippen MR) is 69.4 cm³/mol. The van der Waals surface area contributed by atoms with E-state index in [2.05, 4.69) is 20.3 Å². The Morgan fingerprint density at radius 2 is 2.12 bits per heavy atom. The van der Waals surface area contributed by atoms with Gasteiger partial charge in [-0.3, -0.25) is 0 Å². The van der Waals surface area contributed by atoms with Crippen LogP contribution in [0.15, 0.2) is 11.4 Å². The van der Waals surface area contributed by atoms with Crippen LogP contribution in [0.5, 0.6) is 0 Å². The van der Waals surface area contributed by atoms with E-state index in [0.29, 0.717) is 5.92 Å². The Morgan fingerprint density at radius 3 is 2.71 bits per heavy atom. The Labute approximate surface area is 104 Å². The molecule has 4 nitrogen and oxygen atoms in total. The molecule has 0 spiro atoms. The second-order valence-electron chi connectivity index (χ2n) is 4.28. The normalized spacial score (nSPS) is 14.9. The zero-order chi connectivity index (χ0) is 11.8. The molecule has 0 aliphatic heterocycles. The monoisotopic (exact) mass is 246 g/mol. The number of nitrogens with one attached hydrogen (secondary N) is 1. The Morgan fingerprint density at radius 1 is 1.29 bits per heavy atom. The van der Waals surface area contributed by atoms with Crippen LogP contribution in [0.3, 0.4) is 0 Å². The van der Waals surface area contributed by atoms with Crippen molar-refractivity contribution < 1.29 is 0 Å². The standard InChI is InChI=1S/C12H14N4S/c1-7-14-10(6-17-7)12-15-9(8-3-4-8)5-11(13-2)16-12/h5-6,8H,3-4H2,1-2H3,(H,13,15,16). The van der Waals surface area contributed by atoms with Gasteiger partial charge in [0.2, 0.25) is 0 Å². The first kappa shape index (κ1) is 10.7. The highest BCUT2D eigenvalue weighted by atomic mass is 32.1. The van der Waals surface area contributed by atoms with Crippen molar-refractivity contribution in [3.8, 4) is 11.5 Å². The molecule has 0 saturated heterocycles. The molecule has 1 N–H and O–H groups in total. The minimum atomic E-state index is 0.628. The highest BCUT2D eigenvalue weighted by molar-refractivity contribution is 7.09. The van der Waals surface area contributed by atoms with Gasteiger partial charge in [0, 0.05) is 30.1 Å². The van der Waals surface area contributed by atoms with Crippen LogP contribution in [-0.4, -0.2) is 22.0 Å². The van der Waals surface area contributed by atoms with Gasteiger partial charge in [0.05, 0.1) is 5.01 Å². The molecular weight excluding hydrogens is 232 g/mol. The van der Waals surface area contributed by atoms with Crippen LogP contribution in [0.4, 0.5) is 5.82 Å². The van der Waals surface area contributed by atoms with E-state index in [-0.39, 0.29) is 0 Å². The number of hydrogen-bond donors (Lipinski definition) is 1. The van der Waals surface area contributed by atoms with Crippen LogP contribution in [0.2, 0.25) is 0 Å². The van der Waals surface area contributed by atoms with Crippen molar-refractivity contribution >= 4 is 17.2 Å². The minimum Gasteiger partial charge on any atom is -0.373 e. The Kier molecular flexibility index (Phi) is 2.55. The molecule has 5 heteroatoms. The van der Waals surface area contributed by atoms with Crippen molar-refractivity contribution in [2.45, 2.75) is 25.7 Å². The number of thiazole rings is 1. The molecule has 88 valence electrons. The van der Waals surface area contributed by atoms with Gasteiger partial charge in [-0.05, 0) is 19.8 Å². The summed E-state index contributed by atoms with van der Waals surface area (Å²) in [7, 11) is 1.88. The fourth-order valence-electron chi connectivity index (χ4n) is 1.76. The lowest BCUT2D eigenvalue weighted by Gasteiger charge is -2.05. The van der Waals surface area contributed by atoms with E-state index in [1.807, 2.05) is 25.4 Å². The van der Waals surface area contributed by atoms with Gasteiger partial charge in [0.15, 0.2) is 5.82 Å². The van der Waals surface area contributed by atoms with Gasteiger partial charge >= 0.3 is 0 Å². The van der Waals surface area contributed by atoms with Gasteiger partial charge in [-0.25, -0.2) is 15.0 Å². The van der Waals surface area contributed by atoms with E-state index in [9.17, 15) is 0 Å². The molecule has 0 radical (unpaired) electrons. The summed E-state index contributed by atoms with van der Waals surface area (Å²) in [6.45, 7) is 2.00. The van der Waals surface area contributed by atoms with E-state index in [1.54, 1.807) is 11.3 Å². The van der Waals surface area contributed by atoms with E-state index in [4.69, 9.17) is 0 Å². The molecule has 1 aliphatic carbocycles. The first-order chi connectivity index (χ1) is 8.26. The maximum absolute atomic E-state index is 4.62. The van der Waals surface area contributed by atoms with E-state index < -0.39 is 0 Å². The van der Waals surface area contributed by atoms with Crippen LogP contribution in [0, 0.1) is 6.92 Å². The first-order valence-corrected chi connectivity index (χ1v) is 6.63. The molecule has 1 saturated carbocycles. The molecule has 0 bridgehead atoms. The van der Waals surface area contributed by atoms with Gasteiger partial charge in [-0.15, -0.1) is 11.3 Å². The molecular formula is C12H14N4S. The van der Waals surface area contributed by atoms with E-state index in [1.165, 1.54) is 12.8 Å². The summed E-state index contributed by atoms with van der Waals surface area (Å²) in [4.78, 5) is 13.5. The number of anilines is 1. The van der Waals surface area contributed by atoms with Crippen LogP contribution in [0.1, 0.15) is 29.5 Å². The molecule has 0 atom stereocenters. The molecule has 17 heavy (non-hydrogen) atoms. The third-order valence-electron chi connectivity index (χ3n) is 2.85. The van der Waals surface area contributed by atoms with Crippen LogP contribution in [-0.2, 0) is 0 Å². The number of nitrogens with zero attached hydrogens (tertiary/aromatic N) is 3. The van der Waals surface area contributed by atoms with Crippen molar-refractivity contribution in [2.24, 2.45) is 0 Å². The van der Waals surface area contributed by atoms with Gasteiger partial charge in [0.25, 0.3) is 0 Å². The van der Waals surface area contributed by atoms with Gasteiger partial charge in [0.1, 0.15) is 11.5 Å². The summed E-state index contributed by atoms with van der Waals surface area (Å²) >= 11 is 1.63. The zero-order valence-corrected chi connectivity index (χ0v) is 10.7.